The summed E-state index contributed by atoms with van der Waals surface area (Å²) in [4.78, 5) is 42.0. The van der Waals surface area contributed by atoms with Crippen molar-refractivity contribution < 1.29 is 23.9 Å². The molecule has 2 fully saturated rings. The van der Waals surface area contributed by atoms with Gasteiger partial charge in [-0.25, -0.2) is 4.79 Å². The predicted octanol–water partition coefficient (Wildman–Crippen LogP) is 3.98. The van der Waals surface area contributed by atoms with Gasteiger partial charge in [-0.05, 0) is 58.3 Å². The van der Waals surface area contributed by atoms with Crippen LogP contribution in [0.3, 0.4) is 0 Å². The summed E-state index contributed by atoms with van der Waals surface area (Å²) in [5, 5.41) is 0.430. The molecule has 8 heteroatoms. The van der Waals surface area contributed by atoms with E-state index >= 15 is 0 Å². The summed E-state index contributed by atoms with van der Waals surface area (Å²) in [6.07, 6.45) is 2.06. The number of nitrogens with zero attached hydrogens (tertiary/aromatic N) is 2. The summed E-state index contributed by atoms with van der Waals surface area (Å²) in [6, 6.07) is 7.08. The molecule has 170 valence electrons. The number of carbonyl (C=O) groups is 3. The van der Waals surface area contributed by atoms with E-state index in [-0.39, 0.29) is 17.7 Å². The van der Waals surface area contributed by atoms with E-state index in [9.17, 15) is 14.4 Å². The van der Waals surface area contributed by atoms with Crippen LogP contribution in [-0.4, -0.2) is 61.1 Å². The van der Waals surface area contributed by atoms with Crippen molar-refractivity contribution in [1.82, 2.24) is 9.80 Å². The van der Waals surface area contributed by atoms with Crippen LogP contribution in [0, 0.1) is 5.92 Å². The van der Waals surface area contributed by atoms with Crippen molar-refractivity contribution in [3.8, 4) is 0 Å². The lowest BCUT2D eigenvalue weighted by atomic mass is 9.74. The van der Waals surface area contributed by atoms with Gasteiger partial charge in [0.2, 0.25) is 6.29 Å². The van der Waals surface area contributed by atoms with Gasteiger partial charge in [0.05, 0.1) is 5.92 Å². The fraction of sp³-hybridized carbons (Fsp3) is 0.609. The van der Waals surface area contributed by atoms with Crippen LogP contribution in [-0.2, 0) is 24.6 Å². The van der Waals surface area contributed by atoms with Crippen molar-refractivity contribution in [2.75, 3.05) is 27.2 Å². The lowest BCUT2D eigenvalue weighted by molar-refractivity contribution is -0.173. The molecule has 31 heavy (non-hydrogen) atoms. The molecule has 3 rings (SSSR count). The number of amides is 1. The molecule has 1 aliphatic carbocycles. The van der Waals surface area contributed by atoms with Crippen molar-refractivity contribution in [1.29, 1.82) is 0 Å². The molecule has 1 amide bonds. The fourth-order valence-electron chi connectivity index (χ4n) is 4.53. The average molecular weight is 451 g/mol. The van der Waals surface area contributed by atoms with E-state index in [1.807, 2.05) is 7.05 Å². The standard InChI is InChI=1S/C23H31ClN2O5/c1-16(30-21(28)17-11-14-25(2)15-12-17)31-22(29)26(3)23(13-7-6-10-20(23)27)18-8-4-5-9-19(18)24/h4-5,8-9,16-17H,6-7,10-15H2,1-3H3/t16?,23-/m0/s1. The molecule has 2 aliphatic rings. The Morgan fingerprint density at radius 1 is 1.19 bits per heavy atom. The zero-order valence-electron chi connectivity index (χ0n) is 18.4. The Bertz CT molecular complexity index is 824. The second-order valence-electron chi connectivity index (χ2n) is 8.50. The third kappa shape index (κ3) is 5.04. The minimum Gasteiger partial charge on any atom is -0.425 e. The smallest absolute Gasteiger partial charge is 0.413 e. The molecule has 7 nitrogen and oxygen atoms in total. The molecule has 1 aromatic rings. The monoisotopic (exact) mass is 450 g/mol. The Hall–Kier alpha value is -2.12. The zero-order valence-corrected chi connectivity index (χ0v) is 19.2. The van der Waals surface area contributed by atoms with E-state index in [0.29, 0.717) is 23.4 Å². The molecule has 1 aliphatic heterocycles. The Morgan fingerprint density at radius 3 is 2.52 bits per heavy atom. The SMILES string of the molecule is CC(OC(=O)C1CCN(C)CC1)OC(=O)N(C)[C@]1(c2ccccc2Cl)CCCCC1=O. The number of ketones is 1. The minimum atomic E-state index is -1.19. The second-order valence-corrected chi connectivity index (χ2v) is 8.90. The summed E-state index contributed by atoms with van der Waals surface area (Å²) in [5.74, 6) is -0.614. The van der Waals surface area contributed by atoms with Crippen molar-refractivity contribution >= 4 is 29.4 Å². The number of Topliss-reactive ketones (excluding diaryl/α,β-unsaturated/α-hetero) is 1. The number of benzene rings is 1. The number of piperidine rings is 1. The van der Waals surface area contributed by atoms with Crippen LogP contribution in [0.15, 0.2) is 24.3 Å². The molecule has 1 unspecified atom stereocenters. The molecular formula is C23H31ClN2O5. The van der Waals surface area contributed by atoms with Gasteiger partial charge in [-0.15, -0.1) is 0 Å². The normalized spacial score (nSPS) is 23.8. The van der Waals surface area contributed by atoms with Gasteiger partial charge in [-0.2, -0.15) is 0 Å². The molecule has 1 aromatic carbocycles. The van der Waals surface area contributed by atoms with Gasteiger partial charge in [-0.1, -0.05) is 29.8 Å². The highest BCUT2D eigenvalue weighted by molar-refractivity contribution is 6.31. The molecule has 0 spiro atoms. The Morgan fingerprint density at radius 2 is 1.87 bits per heavy atom. The Kier molecular flexibility index (Phi) is 7.59. The van der Waals surface area contributed by atoms with Crippen LogP contribution in [0.1, 0.15) is 51.0 Å². The molecule has 1 saturated carbocycles. The van der Waals surface area contributed by atoms with Gasteiger partial charge in [0, 0.05) is 31.0 Å². The third-order valence-electron chi connectivity index (χ3n) is 6.42. The summed E-state index contributed by atoms with van der Waals surface area (Å²) < 4.78 is 10.8. The van der Waals surface area contributed by atoms with Gasteiger partial charge < -0.3 is 14.4 Å². The second kappa shape index (κ2) is 10.0. The van der Waals surface area contributed by atoms with Crippen molar-refractivity contribution in [2.45, 2.75) is 57.3 Å². The zero-order chi connectivity index (χ0) is 22.6. The third-order valence-corrected chi connectivity index (χ3v) is 6.75. The number of ether oxygens (including phenoxy) is 2. The van der Waals surface area contributed by atoms with E-state index in [1.165, 1.54) is 11.8 Å². The fourth-order valence-corrected chi connectivity index (χ4v) is 4.83. The predicted molar refractivity (Wildman–Crippen MR) is 117 cm³/mol. The average Bonchev–Trinajstić information content (AvgIpc) is 2.74. The van der Waals surface area contributed by atoms with Crippen LogP contribution in [0.5, 0.6) is 0 Å². The molecule has 0 radical (unpaired) electrons. The maximum absolute atomic E-state index is 13.1. The molecule has 1 saturated heterocycles. The van der Waals surface area contributed by atoms with Crippen LogP contribution < -0.4 is 0 Å². The summed E-state index contributed by atoms with van der Waals surface area (Å²) in [7, 11) is 3.56. The van der Waals surface area contributed by atoms with Crippen LogP contribution in [0.25, 0.3) is 0 Å². The van der Waals surface area contributed by atoms with Gasteiger partial charge >= 0.3 is 12.1 Å². The lowest BCUT2D eigenvalue weighted by Crippen LogP contribution is -2.55. The number of carbonyl (C=O) groups excluding carboxylic acids is 3. The summed E-state index contributed by atoms with van der Waals surface area (Å²) in [6.45, 7) is 3.18. The first-order chi connectivity index (χ1) is 14.8. The van der Waals surface area contributed by atoms with E-state index < -0.39 is 17.9 Å². The molecule has 1 heterocycles. The molecule has 0 bridgehead atoms. The number of rotatable bonds is 5. The van der Waals surface area contributed by atoms with Crippen molar-refractivity contribution in [3.05, 3.63) is 34.9 Å². The van der Waals surface area contributed by atoms with Crippen LogP contribution >= 0.6 is 11.6 Å². The Labute approximate surface area is 188 Å². The maximum atomic E-state index is 13.1. The highest BCUT2D eigenvalue weighted by atomic mass is 35.5. The quantitative estimate of drug-likeness (QED) is 0.499. The molecule has 0 aromatic heterocycles. The highest BCUT2D eigenvalue weighted by Crippen LogP contribution is 2.42. The molecular weight excluding hydrogens is 420 g/mol. The Balaban J connectivity index is 1.71. The van der Waals surface area contributed by atoms with Crippen molar-refractivity contribution in [2.24, 2.45) is 5.92 Å². The lowest BCUT2D eigenvalue weighted by Gasteiger charge is -2.43. The summed E-state index contributed by atoms with van der Waals surface area (Å²) >= 11 is 6.43. The number of hydrogen-bond donors (Lipinski definition) is 0. The topological polar surface area (TPSA) is 76.2 Å². The first kappa shape index (κ1) is 23.5. The largest absolute Gasteiger partial charge is 0.425 e. The molecule has 2 atom stereocenters. The maximum Gasteiger partial charge on any atom is 0.413 e. The van der Waals surface area contributed by atoms with Gasteiger partial charge in [0.15, 0.2) is 5.78 Å². The van der Waals surface area contributed by atoms with Crippen LogP contribution in [0.2, 0.25) is 5.02 Å². The minimum absolute atomic E-state index is 0.0673. The van der Waals surface area contributed by atoms with Gasteiger partial charge in [-0.3, -0.25) is 14.5 Å². The number of likely N-dealkylation sites (N-methyl/N-ethyl adjacent to an activating group) is 1. The highest BCUT2D eigenvalue weighted by Gasteiger charge is 2.49. The van der Waals surface area contributed by atoms with Gasteiger partial charge in [0.1, 0.15) is 5.54 Å². The number of hydrogen-bond acceptors (Lipinski definition) is 6. The van der Waals surface area contributed by atoms with E-state index in [4.69, 9.17) is 21.1 Å². The van der Waals surface area contributed by atoms with Crippen LogP contribution in [0.4, 0.5) is 4.79 Å². The van der Waals surface area contributed by atoms with E-state index in [1.54, 1.807) is 31.3 Å². The van der Waals surface area contributed by atoms with Crippen molar-refractivity contribution in [3.63, 3.8) is 0 Å². The summed E-state index contributed by atoms with van der Waals surface area (Å²) in [5.41, 5.74) is -0.595. The van der Waals surface area contributed by atoms with E-state index in [0.717, 1.165) is 38.8 Å². The van der Waals surface area contributed by atoms with E-state index in [2.05, 4.69) is 4.90 Å². The molecule has 0 N–H and O–H groups in total. The number of halogens is 1. The first-order valence-electron chi connectivity index (χ1n) is 10.9. The number of esters is 1. The van der Waals surface area contributed by atoms with Gasteiger partial charge in [0.25, 0.3) is 0 Å². The number of likely N-dealkylation sites (tertiary alicyclic amines) is 1. The first-order valence-corrected chi connectivity index (χ1v) is 11.3.